The average Bonchev–Trinajstić information content (AvgIpc) is 2.52. The number of carbonyl (C=O) groups is 1. The van der Waals surface area contributed by atoms with Crippen LogP contribution in [0.5, 0.6) is 0 Å². The Bertz CT molecular complexity index is 556. The van der Waals surface area contributed by atoms with E-state index in [1.807, 2.05) is 19.9 Å². The van der Waals surface area contributed by atoms with E-state index in [0.717, 1.165) is 18.4 Å². The molecule has 2 N–H and O–H groups in total. The highest BCUT2D eigenvalue weighted by atomic mass is 16.6. The quantitative estimate of drug-likeness (QED) is 0.404. The van der Waals surface area contributed by atoms with Gasteiger partial charge in [0.2, 0.25) is 0 Å². The van der Waals surface area contributed by atoms with Crippen molar-refractivity contribution in [2.75, 3.05) is 0 Å². The molecule has 24 heavy (non-hydrogen) atoms. The third kappa shape index (κ3) is 4.58. The third-order valence-electron chi connectivity index (χ3n) is 5.40. The molecule has 0 aromatic heterocycles. The number of allylic oxidation sites excluding steroid dienone is 3. The van der Waals surface area contributed by atoms with Crippen molar-refractivity contribution in [1.82, 2.24) is 0 Å². The summed E-state index contributed by atoms with van der Waals surface area (Å²) in [5, 5.41) is 21.1. The van der Waals surface area contributed by atoms with Crippen molar-refractivity contribution in [2.24, 2.45) is 5.92 Å². The van der Waals surface area contributed by atoms with E-state index in [1.54, 1.807) is 6.92 Å². The molecular formula is C20H30O4. The molecule has 0 saturated carbocycles. The molecule has 4 heteroatoms. The van der Waals surface area contributed by atoms with E-state index >= 15 is 0 Å². The fourth-order valence-corrected chi connectivity index (χ4v) is 3.37. The Balaban J connectivity index is 2.27. The lowest BCUT2D eigenvalue weighted by Crippen LogP contribution is -2.47. The monoisotopic (exact) mass is 334 g/mol. The average molecular weight is 334 g/mol. The van der Waals surface area contributed by atoms with Crippen LogP contribution in [0.25, 0.3) is 0 Å². The number of hydrogen-bond acceptors (Lipinski definition) is 4. The van der Waals surface area contributed by atoms with Crippen molar-refractivity contribution in [1.29, 1.82) is 0 Å². The number of carbonyl (C=O) groups excluding carboxylic acids is 1. The first kappa shape index (κ1) is 18.9. The third-order valence-corrected chi connectivity index (χ3v) is 5.40. The maximum absolute atomic E-state index is 12.1. The van der Waals surface area contributed by atoms with E-state index < -0.39 is 23.8 Å². The van der Waals surface area contributed by atoms with Crippen LogP contribution in [0.4, 0.5) is 0 Å². The Labute approximate surface area is 144 Å². The maximum atomic E-state index is 12.1. The van der Waals surface area contributed by atoms with E-state index in [1.165, 1.54) is 5.57 Å². The second-order valence-electron chi connectivity index (χ2n) is 7.54. The van der Waals surface area contributed by atoms with Crippen molar-refractivity contribution in [2.45, 2.75) is 77.1 Å². The molecule has 0 unspecified atom stereocenters. The SMILES string of the molecule is C=C1C(=O)O[C@@H]2C[C@H]1C/C=C(\C)[C@@H](O)CCC(C)=CCC[C@]2(C)O. The minimum Gasteiger partial charge on any atom is -0.456 e. The molecular weight excluding hydrogens is 304 g/mol. The largest absolute Gasteiger partial charge is 0.456 e. The van der Waals surface area contributed by atoms with E-state index in [0.29, 0.717) is 31.3 Å². The molecule has 1 fully saturated rings. The maximum Gasteiger partial charge on any atom is 0.334 e. The first-order chi connectivity index (χ1) is 11.2. The molecule has 1 saturated heterocycles. The molecule has 0 aromatic rings. The molecule has 0 radical (unpaired) electrons. The van der Waals surface area contributed by atoms with Crippen molar-refractivity contribution in [3.63, 3.8) is 0 Å². The smallest absolute Gasteiger partial charge is 0.334 e. The van der Waals surface area contributed by atoms with E-state index in [-0.39, 0.29) is 5.92 Å². The first-order valence-corrected chi connectivity index (χ1v) is 8.83. The molecule has 1 heterocycles. The van der Waals surface area contributed by atoms with Crippen LogP contribution in [0.1, 0.15) is 59.3 Å². The van der Waals surface area contributed by atoms with Gasteiger partial charge in [0.1, 0.15) is 6.10 Å². The van der Waals surface area contributed by atoms with Crippen LogP contribution in [0.2, 0.25) is 0 Å². The molecule has 4 nitrogen and oxygen atoms in total. The van der Waals surface area contributed by atoms with Gasteiger partial charge >= 0.3 is 5.97 Å². The van der Waals surface area contributed by atoms with Gasteiger partial charge in [-0.2, -0.15) is 0 Å². The van der Waals surface area contributed by atoms with Crippen LogP contribution < -0.4 is 0 Å². The standard InChI is InChI=1S/C20H30O4/c1-13-6-5-11-20(4,23)18-12-16(15(3)19(22)24-18)9-8-14(2)17(21)10-7-13/h6,8,16-18,21,23H,3,5,7,9-12H2,1-2,4H3/b13-6?,14-8+/t16-,17+,18-,20+/m1/s1. The number of esters is 1. The molecule has 2 rings (SSSR count). The predicted octanol–water partition coefficient (Wildman–Crippen LogP) is 3.44. The van der Waals surface area contributed by atoms with Crippen LogP contribution in [0.15, 0.2) is 35.5 Å². The second kappa shape index (κ2) is 7.66. The zero-order valence-electron chi connectivity index (χ0n) is 15.0. The second-order valence-corrected chi connectivity index (χ2v) is 7.54. The molecule has 2 aliphatic rings. The van der Waals surface area contributed by atoms with Crippen molar-refractivity contribution < 1.29 is 19.7 Å². The molecule has 1 aliphatic carbocycles. The summed E-state index contributed by atoms with van der Waals surface area (Å²) in [4.78, 5) is 12.1. The number of ether oxygens (including phenoxy) is 1. The lowest BCUT2D eigenvalue weighted by molar-refractivity contribution is -0.168. The lowest BCUT2D eigenvalue weighted by atomic mass is 9.80. The molecule has 1 aliphatic heterocycles. The van der Waals surface area contributed by atoms with Crippen molar-refractivity contribution in [3.8, 4) is 0 Å². The minimum absolute atomic E-state index is 0.0508. The van der Waals surface area contributed by atoms with Gasteiger partial charge in [0, 0.05) is 5.57 Å². The first-order valence-electron chi connectivity index (χ1n) is 8.83. The minimum atomic E-state index is -1.05. The Kier molecular flexibility index (Phi) is 6.05. The van der Waals surface area contributed by atoms with Crippen LogP contribution >= 0.6 is 0 Å². The molecule has 4 atom stereocenters. The molecule has 0 aromatic carbocycles. The van der Waals surface area contributed by atoms with Crippen LogP contribution in [0, 0.1) is 5.92 Å². The molecule has 134 valence electrons. The zero-order valence-corrected chi connectivity index (χ0v) is 15.0. The summed E-state index contributed by atoms with van der Waals surface area (Å²) >= 11 is 0. The molecule has 0 amide bonds. The number of aliphatic hydroxyl groups is 2. The summed E-state index contributed by atoms with van der Waals surface area (Å²) < 4.78 is 5.44. The van der Waals surface area contributed by atoms with Gasteiger partial charge < -0.3 is 14.9 Å². The fraction of sp³-hybridized carbons (Fsp3) is 0.650. The van der Waals surface area contributed by atoms with Gasteiger partial charge in [-0.05, 0) is 70.8 Å². The summed E-state index contributed by atoms with van der Waals surface area (Å²) in [7, 11) is 0. The number of hydrogen-bond donors (Lipinski definition) is 2. The van der Waals surface area contributed by atoms with Gasteiger partial charge in [-0.1, -0.05) is 24.3 Å². The highest BCUT2D eigenvalue weighted by molar-refractivity contribution is 5.89. The lowest BCUT2D eigenvalue weighted by Gasteiger charge is -2.38. The Hall–Kier alpha value is -1.39. The van der Waals surface area contributed by atoms with E-state index in [9.17, 15) is 15.0 Å². The number of aliphatic hydroxyl groups excluding tert-OH is 1. The molecule has 2 bridgehead atoms. The normalized spacial score (nSPS) is 38.5. The van der Waals surface area contributed by atoms with E-state index in [4.69, 9.17) is 4.74 Å². The molecule has 0 spiro atoms. The van der Waals surface area contributed by atoms with Gasteiger partial charge in [-0.15, -0.1) is 0 Å². The van der Waals surface area contributed by atoms with Crippen LogP contribution in [0.3, 0.4) is 0 Å². The topological polar surface area (TPSA) is 66.8 Å². The van der Waals surface area contributed by atoms with Crippen LogP contribution in [-0.4, -0.2) is 34.0 Å². The Morgan fingerprint density at radius 2 is 2.04 bits per heavy atom. The van der Waals surface area contributed by atoms with Gasteiger partial charge in [0.25, 0.3) is 0 Å². The zero-order chi connectivity index (χ0) is 17.9. The highest BCUT2D eigenvalue weighted by Crippen LogP contribution is 2.35. The summed E-state index contributed by atoms with van der Waals surface area (Å²) in [5.74, 6) is -0.466. The summed E-state index contributed by atoms with van der Waals surface area (Å²) in [6.07, 6.45) is 7.12. The van der Waals surface area contributed by atoms with Gasteiger partial charge in [0.05, 0.1) is 11.7 Å². The van der Waals surface area contributed by atoms with Crippen molar-refractivity contribution >= 4 is 5.97 Å². The van der Waals surface area contributed by atoms with Crippen LogP contribution in [-0.2, 0) is 9.53 Å². The van der Waals surface area contributed by atoms with Gasteiger partial charge in [0.15, 0.2) is 0 Å². The Morgan fingerprint density at radius 1 is 1.33 bits per heavy atom. The fourth-order valence-electron chi connectivity index (χ4n) is 3.37. The Morgan fingerprint density at radius 3 is 2.75 bits per heavy atom. The van der Waals surface area contributed by atoms with Gasteiger partial charge in [-0.3, -0.25) is 0 Å². The number of rotatable bonds is 0. The summed E-state index contributed by atoms with van der Waals surface area (Å²) in [5.41, 5.74) is 1.55. The summed E-state index contributed by atoms with van der Waals surface area (Å²) in [6, 6.07) is 0. The van der Waals surface area contributed by atoms with Crippen molar-refractivity contribution in [3.05, 3.63) is 35.5 Å². The van der Waals surface area contributed by atoms with E-state index in [2.05, 4.69) is 12.7 Å². The predicted molar refractivity (Wildman–Crippen MR) is 94.4 cm³/mol. The number of fused-ring (bicyclic) bond motifs is 2. The van der Waals surface area contributed by atoms with Gasteiger partial charge in [-0.25, -0.2) is 4.79 Å². The highest BCUT2D eigenvalue weighted by Gasteiger charge is 2.41. The summed E-state index contributed by atoms with van der Waals surface area (Å²) in [6.45, 7) is 9.58.